The fourth-order valence-corrected chi connectivity index (χ4v) is 7.28. The third-order valence-corrected chi connectivity index (χ3v) is 8.57. The fraction of sp³-hybridized carbons (Fsp3) is 0.400. The molecule has 1 atom stereocenters. The predicted molar refractivity (Wildman–Crippen MR) is 73.7 cm³/mol. The van der Waals surface area contributed by atoms with Gasteiger partial charge in [0.25, 0.3) is 9.05 Å². The zero-order chi connectivity index (χ0) is 15.2. The summed E-state index contributed by atoms with van der Waals surface area (Å²) in [6.07, 6.45) is 0.0164. The molecule has 0 saturated carbocycles. The summed E-state index contributed by atoms with van der Waals surface area (Å²) in [6.45, 7) is 0. The lowest BCUT2D eigenvalue weighted by Crippen LogP contribution is -2.22. The van der Waals surface area contributed by atoms with Crippen molar-refractivity contribution in [3.05, 3.63) is 24.3 Å². The maximum atomic E-state index is 12.3. The fourth-order valence-electron chi connectivity index (χ4n) is 2.00. The van der Waals surface area contributed by atoms with Crippen molar-refractivity contribution >= 4 is 39.4 Å². The molecule has 0 unspecified atom stereocenters. The van der Waals surface area contributed by atoms with Crippen LogP contribution in [0.15, 0.2) is 34.1 Å². The molecule has 1 fully saturated rings. The molecule has 20 heavy (non-hydrogen) atoms. The Morgan fingerprint density at radius 2 is 1.70 bits per heavy atom. The molecule has 0 aromatic heterocycles. The van der Waals surface area contributed by atoms with Crippen molar-refractivity contribution in [3.8, 4) is 0 Å². The van der Waals surface area contributed by atoms with E-state index in [4.69, 9.17) is 10.7 Å². The first-order chi connectivity index (χ1) is 9.02. The van der Waals surface area contributed by atoms with Crippen LogP contribution in [0.1, 0.15) is 6.42 Å². The molecule has 1 aromatic rings. The summed E-state index contributed by atoms with van der Waals surface area (Å²) < 4.78 is 69.7. The van der Waals surface area contributed by atoms with Gasteiger partial charge >= 0.3 is 0 Å². The van der Waals surface area contributed by atoms with Gasteiger partial charge in [0.15, 0.2) is 19.7 Å². The third-order valence-electron chi connectivity index (χ3n) is 3.05. The topological polar surface area (TPSA) is 102 Å². The van der Waals surface area contributed by atoms with Gasteiger partial charge in [0.1, 0.15) is 0 Å². The zero-order valence-electron chi connectivity index (χ0n) is 10.1. The van der Waals surface area contributed by atoms with Gasteiger partial charge in [-0.1, -0.05) is 6.07 Å². The highest BCUT2D eigenvalue weighted by atomic mass is 35.7. The van der Waals surface area contributed by atoms with Crippen molar-refractivity contribution in [2.75, 3.05) is 11.5 Å². The highest BCUT2D eigenvalue weighted by molar-refractivity contribution is 8.13. The van der Waals surface area contributed by atoms with Gasteiger partial charge in [-0.3, -0.25) is 0 Å². The van der Waals surface area contributed by atoms with E-state index in [1.165, 1.54) is 18.2 Å². The van der Waals surface area contributed by atoms with Crippen LogP contribution in [0.4, 0.5) is 0 Å². The quantitative estimate of drug-likeness (QED) is 0.732. The van der Waals surface area contributed by atoms with Crippen LogP contribution >= 0.6 is 10.7 Å². The lowest BCUT2D eigenvalue weighted by atomic mass is 10.4. The van der Waals surface area contributed by atoms with Crippen LogP contribution in [-0.2, 0) is 28.7 Å². The van der Waals surface area contributed by atoms with E-state index in [2.05, 4.69) is 0 Å². The minimum atomic E-state index is -4.04. The minimum Gasteiger partial charge on any atom is -0.229 e. The second kappa shape index (κ2) is 4.97. The molecule has 0 spiro atoms. The Bertz CT molecular complexity index is 839. The van der Waals surface area contributed by atoms with Gasteiger partial charge in [-0.15, -0.1) is 0 Å². The van der Waals surface area contributed by atoms with Crippen molar-refractivity contribution in [1.82, 2.24) is 0 Å². The maximum absolute atomic E-state index is 12.3. The average Bonchev–Trinajstić information content (AvgIpc) is 2.69. The smallest absolute Gasteiger partial charge is 0.229 e. The van der Waals surface area contributed by atoms with E-state index >= 15 is 0 Å². The van der Waals surface area contributed by atoms with E-state index in [1.807, 2.05) is 0 Å². The maximum Gasteiger partial charge on any atom is 0.261 e. The minimum absolute atomic E-state index is 0.0164. The zero-order valence-corrected chi connectivity index (χ0v) is 13.3. The molecule has 2 rings (SSSR count). The summed E-state index contributed by atoms with van der Waals surface area (Å²) in [6, 6.07) is 4.60. The monoisotopic (exact) mass is 358 g/mol. The van der Waals surface area contributed by atoms with Crippen molar-refractivity contribution in [2.45, 2.75) is 21.5 Å². The van der Waals surface area contributed by atoms with E-state index in [-0.39, 0.29) is 22.0 Å². The first-order valence-corrected chi connectivity index (χ1v) is 11.2. The Morgan fingerprint density at radius 3 is 2.20 bits per heavy atom. The second-order valence-electron chi connectivity index (χ2n) is 4.48. The largest absolute Gasteiger partial charge is 0.261 e. The van der Waals surface area contributed by atoms with Crippen LogP contribution in [0.5, 0.6) is 0 Å². The Labute approximate surface area is 122 Å². The molecule has 0 radical (unpaired) electrons. The summed E-state index contributed by atoms with van der Waals surface area (Å²) in [5.41, 5.74) is 0. The highest BCUT2D eigenvalue weighted by Crippen LogP contribution is 2.27. The molecule has 6 nitrogen and oxygen atoms in total. The Hall–Kier alpha value is -0.640. The lowest BCUT2D eigenvalue weighted by Gasteiger charge is -2.10. The van der Waals surface area contributed by atoms with Crippen LogP contribution in [0.3, 0.4) is 0 Å². The molecule has 0 bridgehead atoms. The van der Waals surface area contributed by atoms with Gasteiger partial charge in [0, 0.05) is 10.7 Å². The van der Waals surface area contributed by atoms with Gasteiger partial charge in [0.2, 0.25) is 0 Å². The summed E-state index contributed by atoms with van der Waals surface area (Å²) in [4.78, 5) is -0.567. The van der Waals surface area contributed by atoms with Crippen molar-refractivity contribution in [1.29, 1.82) is 0 Å². The van der Waals surface area contributed by atoms with Crippen LogP contribution in [0.25, 0.3) is 0 Å². The number of hydrogen-bond donors (Lipinski definition) is 0. The molecule has 10 heteroatoms. The predicted octanol–water partition coefficient (Wildman–Crippen LogP) is 0.575. The number of hydrogen-bond acceptors (Lipinski definition) is 6. The van der Waals surface area contributed by atoms with Crippen molar-refractivity contribution in [2.24, 2.45) is 0 Å². The van der Waals surface area contributed by atoms with Crippen LogP contribution in [-0.4, -0.2) is 42.0 Å². The van der Waals surface area contributed by atoms with Gasteiger partial charge in [0.05, 0.1) is 26.5 Å². The van der Waals surface area contributed by atoms with Gasteiger partial charge in [-0.05, 0) is 24.6 Å². The number of rotatable bonds is 3. The van der Waals surface area contributed by atoms with E-state index in [1.54, 1.807) is 0 Å². The first-order valence-electron chi connectivity index (χ1n) is 5.51. The summed E-state index contributed by atoms with van der Waals surface area (Å²) in [5, 5.41) is -1.04. The molecule has 1 aromatic carbocycles. The summed E-state index contributed by atoms with van der Waals surface area (Å²) in [7, 11) is -6.12. The Balaban J connectivity index is 2.46. The molecule has 1 saturated heterocycles. The van der Waals surface area contributed by atoms with E-state index < -0.39 is 39.7 Å². The van der Waals surface area contributed by atoms with E-state index in [0.717, 1.165) is 6.07 Å². The molecule has 0 amide bonds. The van der Waals surface area contributed by atoms with Crippen molar-refractivity contribution in [3.63, 3.8) is 0 Å². The standard InChI is InChI=1S/C10H11ClO6S3/c11-20(16,17)9-3-1-2-8(6-9)19(14,15)10-4-5-18(12,13)7-10/h1-3,6,10H,4-5,7H2/t10-/m0/s1. The lowest BCUT2D eigenvalue weighted by molar-refractivity contribution is 0.582. The van der Waals surface area contributed by atoms with Gasteiger partial charge in [-0.2, -0.15) is 0 Å². The molecule has 1 aliphatic rings. The number of halogens is 1. The molecule has 1 heterocycles. The Kier molecular flexibility index (Phi) is 3.91. The number of benzene rings is 1. The van der Waals surface area contributed by atoms with Crippen LogP contribution in [0, 0.1) is 0 Å². The van der Waals surface area contributed by atoms with Crippen LogP contribution < -0.4 is 0 Å². The van der Waals surface area contributed by atoms with Gasteiger partial charge < -0.3 is 0 Å². The molecular formula is C10H11ClO6S3. The van der Waals surface area contributed by atoms with Crippen LogP contribution in [0.2, 0.25) is 0 Å². The molecular weight excluding hydrogens is 348 g/mol. The first kappa shape index (κ1) is 15.7. The molecule has 0 N–H and O–H groups in total. The molecule has 112 valence electrons. The summed E-state index contributed by atoms with van der Waals surface area (Å²) >= 11 is 0. The van der Waals surface area contributed by atoms with Crippen molar-refractivity contribution < 1.29 is 25.3 Å². The number of sulfone groups is 2. The molecule has 1 aliphatic heterocycles. The molecule has 0 aliphatic carbocycles. The average molecular weight is 359 g/mol. The highest BCUT2D eigenvalue weighted by Gasteiger charge is 2.38. The van der Waals surface area contributed by atoms with E-state index in [0.29, 0.717) is 0 Å². The Morgan fingerprint density at radius 1 is 1.10 bits per heavy atom. The third kappa shape index (κ3) is 3.16. The van der Waals surface area contributed by atoms with Gasteiger partial charge in [-0.25, -0.2) is 25.3 Å². The van der Waals surface area contributed by atoms with E-state index in [9.17, 15) is 25.3 Å². The second-order valence-corrected chi connectivity index (χ2v) is 11.5. The normalized spacial score (nSPS) is 22.8. The summed E-state index contributed by atoms with van der Waals surface area (Å²) in [5.74, 6) is -0.614. The SMILES string of the molecule is O=S1(=O)CC[C@H](S(=O)(=O)c2cccc(S(=O)(=O)Cl)c2)C1.